The zero-order valence-electron chi connectivity index (χ0n) is 11.8. The Bertz CT molecular complexity index is 608. The highest BCUT2D eigenvalue weighted by Crippen LogP contribution is 2.06. The largest absolute Gasteiger partial charge is 0.349 e. The number of urea groups is 1. The fourth-order valence-electron chi connectivity index (χ4n) is 1.34. The first-order valence-corrected chi connectivity index (χ1v) is 6.32. The Kier molecular flexibility index (Phi) is 5.96. The van der Waals surface area contributed by atoms with Crippen molar-refractivity contribution < 1.29 is 4.79 Å². The van der Waals surface area contributed by atoms with E-state index in [9.17, 15) is 9.59 Å². The second-order valence-electron chi connectivity index (χ2n) is 3.65. The van der Waals surface area contributed by atoms with Crippen molar-refractivity contribution in [3.8, 4) is 0 Å². The number of hydrogen-bond donors (Lipinski definition) is 2. The van der Waals surface area contributed by atoms with Gasteiger partial charge in [0.05, 0.1) is 0 Å². The third-order valence-corrected chi connectivity index (χ3v) is 2.25. The van der Waals surface area contributed by atoms with Gasteiger partial charge >= 0.3 is 11.7 Å². The lowest BCUT2D eigenvalue weighted by atomic mass is 10.3. The molecule has 0 fully saturated rings. The molecular weight excluding hydrogens is 256 g/mol. The highest BCUT2D eigenvalue weighted by atomic mass is 16.2. The zero-order chi connectivity index (χ0) is 15.0. The van der Waals surface area contributed by atoms with Gasteiger partial charge in [0.25, 0.3) is 0 Å². The molecule has 0 aliphatic carbocycles. The van der Waals surface area contributed by atoms with Crippen LogP contribution in [0, 0.1) is 0 Å². The van der Waals surface area contributed by atoms with Crippen molar-refractivity contribution >= 4 is 17.5 Å². The van der Waals surface area contributed by atoms with Crippen LogP contribution in [0.15, 0.2) is 47.4 Å². The van der Waals surface area contributed by atoms with Crippen LogP contribution in [0.25, 0.3) is 0 Å². The quantitative estimate of drug-likeness (QED) is 0.883. The molecule has 0 saturated heterocycles. The maximum Gasteiger partial charge on any atom is 0.349 e. The fourth-order valence-corrected chi connectivity index (χ4v) is 1.34. The molecule has 0 atom stereocenters. The smallest absolute Gasteiger partial charge is 0.308 e. The third kappa shape index (κ3) is 4.56. The molecule has 2 N–H and O–H groups in total. The van der Waals surface area contributed by atoms with Gasteiger partial charge in [-0.2, -0.15) is 4.98 Å². The predicted molar refractivity (Wildman–Crippen MR) is 79.9 cm³/mol. The molecule has 1 aromatic carbocycles. The molecule has 1 aromatic heterocycles. The summed E-state index contributed by atoms with van der Waals surface area (Å²) in [5.41, 5.74) is 0.242. The van der Waals surface area contributed by atoms with Crippen molar-refractivity contribution in [1.82, 2.24) is 9.55 Å². The first kappa shape index (κ1) is 15.4. The SMILES string of the molecule is CC.Cn1ccc(NC(=O)Nc2ccccc2)nc1=O. The molecule has 0 spiro atoms. The summed E-state index contributed by atoms with van der Waals surface area (Å²) in [4.78, 5) is 26.6. The maximum atomic E-state index is 11.6. The van der Waals surface area contributed by atoms with Crippen LogP contribution in [-0.2, 0) is 7.05 Å². The number of nitrogens with zero attached hydrogens (tertiary/aromatic N) is 2. The Morgan fingerprint density at radius 1 is 1.10 bits per heavy atom. The Balaban J connectivity index is 0.000000956. The van der Waals surface area contributed by atoms with Crippen molar-refractivity contribution in [2.75, 3.05) is 10.6 Å². The Morgan fingerprint density at radius 3 is 2.35 bits per heavy atom. The summed E-state index contributed by atoms with van der Waals surface area (Å²) in [5.74, 6) is 0.214. The van der Waals surface area contributed by atoms with E-state index < -0.39 is 11.7 Å². The van der Waals surface area contributed by atoms with E-state index in [2.05, 4.69) is 15.6 Å². The van der Waals surface area contributed by atoms with Gasteiger partial charge in [0.2, 0.25) is 0 Å². The lowest BCUT2D eigenvalue weighted by Crippen LogP contribution is -2.25. The van der Waals surface area contributed by atoms with Crippen molar-refractivity contribution in [3.05, 3.63) is 53.1 Å². The summed E-state index contributed by atoms with van der Waals surface area (Å²) < 4.78 is 1.32. The Morgan fingerprint density at radius 2 is 1.75 bits per heavy atom. The van der Waals surface area contributed by atoms with Gasteiger partial charge in [0.15, 0.2) is 0 Å². The van der Waals surface area contributed by atoms with Gasteiger partial charge < -0.3 is 9.88 Å². The number of aromatic nitrogens is 2. The standard InChI is InChI=1S/C12H12N4O2.C2H6/c1-16-8-7-10(15-12(16)18)14-11(17)13-9-5-3-2-4-6-9;1-2/h2-8H,1H3,(H2,13,14,15,17,18);1-2H3. The Labute approximate surface area is 117 Å². The number of aryl methyl sites for hydroxylation is 1. The maximum absolute atomic E-state index is 11.6. The molecule has 0 radical (unpaired) electrons. The van der Waals surface area contributed by atoms with E-state index >= 15 is 0 Å². The van der Waals surface area contributed by atoms with Gasteiger partial charge in [-0.25, -0.2) is 9.59 Å². The van der Waals surface area contributed by atoms with Gasteiger partial charge in [-0.1, -0.05) is 32.0 Å². The van der Waals surface area contributed by atoms with E-state index in [1.807, 2.05) is 32.0 Å². The van der Waals surface area contributed by atoms with Gasteiger partial charge in [-0.05, 0) is 18.2 Å². The summed E-state index contributed by atoms with van der Waals surface area (Å²) in [6, 6.07) is 10.1. The average molecular weight is 274 g/mol. The first-order valence-electron chi connectivity index (χ1n) is 6.32. The van der Waals surface area contributed by atoms with Crippen LogP contribution < -0.4 is 16.3 Å². The van der Waals surface area contributed by atoms with Crippen molar-refractivity contribution in [3.63, 3.8) is 0 Å². The van der Waals surface area contributed by atoms with E-state index in [-0.39, 0.29) is 5.82 Å². The number of benzene rings is 1. The molecule has 0 aliphatic heterocycles. The zero-order valence-corrected chi connectivity index (χ0v) is 11.8. The van der Waals surface area contributed by atoms with Crippen molar-refractivity contribution in [2.24, 2.45) is 7.05 Å². The highest BCUT2D eigenvalue weighted by Gasteiger charge is 2.03. The predicted octanol–water partition coefficient (Wildman–Crippen LogP) is 2.45. The third-order valence-electron chi connectivity index (χ3n) is 2.25. The van der Waals surface area contributed by atoms with Crippen LogP contribution >= 0.6 is 0 Å². The van der Waals surface area contributed by atoms with Gasteiger partial charge in [-0.3, -0.25) is 5.32 Å². The van der Waals surface area contributed by atoms with Gasteiger partial charge in [0, 0.05) is 18.9 Å². The lowest BCUT2D eigenvalue weighted by molar-refractivity contribution is 0.262. The second kappa shape index (κ2) is 7.73. The minimum absolute atomic E-state index is 0.214. The molecule has 2 amide bonds. The van der Waals surface area contributed by atoms with Crippen LogP contribution in [0.1, 0.15) is 13.8 Å². The second-order valence-corrected chi connectivity index (χ2v) is 3.65. The van der Waals surface area contributed by atoms with E-state index in [1.54, 1.807) is 25.2 Å². The number of carbonyl (C=O) groups excluding carboxylic acids is 1. The topological polar surface area (TPSA) is 76.0 Å². The lowest BCUT2D eigenvalue weighted by Gasteiger charge is -2.06. The number of amides is 2. The number of anilines is 2. The molecule has 2 rings (SSSR count). The molecule has 0 bridgehead atoms. The van der Waals surface area contributed by atoms with E-state index in [4.69, 9.17) is 0 Å². The monoisotopic (exact) mass is 274 g/mol. The number of carbonyl (C=O) groups is 1. The number of hydrogen-bond acceptors (Lipinski definition) is 3. The number of nitrogens with one attached hydrogen (secondary N) is 2. The van der Waals surface area contributed by atoms with Crippen LogP contribution in [0.4, 0.5) is 16.3 Å². The molecule has 106 valence electrons. The van der Waals surface area contributed by atoms with Crippen molar-refractivity contribution in [1.29, 1.82) is 0 Å². The summed E-state index contributed by atoms with van der Waals surface area (Å²) in [5, 5.41) is 5.11. The average Bonchev–Trinajstić information content (AvgIpc) is 2.46. The molecule has 20 heavy (non-hydrogen) atoms. The number of rotatable bonds is 2. The van der Waals surface area contributed by atoms with Crippen LogP contribution in [0.3, 0.4) is 0 Å². The molecule has 0 saturated carbocycles. The molecule has 6 heteroatoms. The summed E-state index contributed by atoms with van der Waals surface area (Å²) in [7, 11) is 1.59. The molecule has 6 nitrogen and oxygen atoms in total. The fraction of sp³-hybridized carbons (Fsp3) is 0.214. The van der Waals surface area contributed by atoms with Crippen LogP contribution in [-0.4, -0.2) is 15.6 Å². The van der Waals surface area contributed by atoms with E-state index in [1.165, 1.54) is 10.8 Å². The first-order chi connectivity index (χ1) is 9.65. The van der Waals surface area contributed by atoms with Gasteiger partial charge in [0.1, 0.15) is 5.82 Å². The molecular formula is C14H18N4O2. The van der Waals surface area contributed by atoms with Gasteiger partial charge in [-0.15, -0.1) is 0 Å². The minimum Gasteiger partial charge on any atom is -0.308 e. The van der Waals surface area contributed by atoms with E-state index in [0.717, 1.165) is 0 Å². The van der Waals surface area contributed by atoms with Crippen LogP contribution in [0.2, 0.25) is 0 Å². The van der Waals surface area contributed by atoms with E-state index in [0.29, 0.717) is 5.69 Å². The summed E-state index contributed by atoms with van der Waals surface area (Å²) in [6.07, 6.45) is 1.54. The van der Waals surface area contributed by atoms with Crippen molar-refractivity contribution in [2.45, 2.75) is 13.8 Å². The molecule has 0 aliphatic rings. The summed E-state index contributed by atoms with van der Waals surface area (Å²) in [6.45, 7) is 4.00. The Hall–Kier alpha value is -2.63. The minimum atomic E-state index is -0.443. The normalized spacial score (nSPS) is 9.15. The molecule has 1 heterocycles. The summed E-state index contributed by atoms with van der Waals surface area (Å²) >= 11 is 0. The highest BCUT2D eigenvalue weighted by molar-refractivity contribution is 5.99. The molecule has 0 unspecified atom stereocenters. The molecule has 2 aromatic rings. The number of para-hydroxylation sites is 1. The van der Waals surface area contributed by atoms with Crippen LogP contribution in [0.5, 0.6) is 0 Å².